The van der Waals surface area contributed by atoms with E-state index in [9.17, 15) is 13.2 Å². The highest BCUT2D eigenvalue weighted by molar-refractivity contribution is 7.91. The van der Waals surface area contributed by atoms with Crippen molar-refractivity contribution in [3.63, 3.8) is 0 Å². The van der Waals surface area contributed by atoms with Crippen molar-refractivity contribution in [2.24, 2.45) is 12.0 Å². The number of benzene rings is 2. The molecule has 2 aromatic carbocycles. The van der Waals surface area contributed by atoms with E-state index in [-0.39, 0.29) is 16.2 Å². The molecule has 0 saturated carbocycles. The molecule has 0 fully saturated rings. The molecule has 1 heterocycles. The number of hydrogen-bond donors (Lipinski definition) is 0. The van der Waals surface area contributed by atoms with E-state index in [1.807, 2.05) is 25.5 Å². The van der Waals surface area contributed by atoms with Crippen LogP contribution in [0, 0.1) is 13.8 Å². The summed E-state index contributed by atoms with van der Waals surface area (Å²) in [5, 5.41) is 0. The molecule has 0 unspecified atom stereocenters. The highest BCUT2D eigenvalue weighted by atomic mass is 32.2. The lowest BCUT2D eigenvalue weighted by atomic mass is 10.1. The van der Waals surface area contributed by atoms with Crippen LogP contribution in [0.15, 0.2) is 46.3 Å². The zero-order valence-corrected chi connectivity index (χ0v) is 16.7. The van der Waals surface area contributed by atoms with Crippen molar-refractivity contribution in [2.75, 3.05) is 5.75 Å². The minimum Gasteiger partial charge on any atom is -0.319 e. The first-order chi connectivity index (χ1) is 12.2. The van der Waals surface area contributed by atoms with Gasteiger partial charge in [0.1, 0.15) is 0 Å². The predicted molar refractivity (Wildman–Crippen MR) is 104 cm³/mol. The third-order valence-electron chi connectivity index (χ3n) is 4.26. The zero-order valence-electron chi connectivity index (χ0n) is 15.1. The minimum atomic E-state index is -3.50. The van der Waals surface area contributed by atoms with Gasteiger partial charge in [-0.25, -0.2) is 8.42 Å². The van der Waals surface area contributed by atoms with Gasteiger partial charge in [-0.1, -0.05) is 36.5 Å². The standard InChI is InChI=1S/C19H20N2O3S2/c1-5-26(23,24)16-9-7-6-8-14(16)18(22)20-19-21(4)17-13(3)10-12(2)11-15(17)25-19/h6-11H,5H2,1-4H3. The monoisotopic (exact) mass is 388 g/mol. The summed E-state index contributed by atoms with van der Waals surface area (Å²) in [4.78, 5) is 17.5. The van der Waals surface area contributed by atoms with Gasteiger partial charge in [-0.05, 0) is 43.2 Å². The molecule has 1 aromatic heterocycles. The van der Waals surface area contributed by atoms with E-state index in [0.717, 1.165) is 21.3 Å². The Morgan fingerprint density at radius 3 is 2.58 bits per heavy atom. The predicted octanol–water partition coefficient (Wildman–Crippen LogP) is 3.39. The number of amides is 1. The molecule has 0 radical (unpaired) electrons. The second-order valence-electron chi connectivity index (χ2n) is 6.19. The van der Waals surface area contributed by atoms with Gasteiger partial charge in [0.2, 0.25) is 0 Å². The maximum absolute atomic E-state index is 12.7. The number of carbonyl (C=O) groups is 1. The van der Waals surface area contributed by atoms with E-state index in [1.165, 1.54) is 23.5 Å². The van der Waals surface area contributed by atoms with E-state index in [2.05, 4.69) is 17.1 Å². The number of aromatic nitrogens is 1. The van der Waals surface area contributed by atoms with Crippen LogP contribution >= 0.6 is 11.3 Å². The largest absolute Gasteiger partial charge is 0.319 e. The van der Waals surface area contributed by atoms with Crippen molar-refractivity contribution in [2.45, 2.75) is 25.7 Å². The molecule has 0 N–H and O–H groups in total. The molecular weight excluding hydrogens is 368 g/mol. The van der Waals surface area contributed by atoms with Gasteiger partial charge >= 0.3 is 0 Å². The minimum absolute atomic E-state index is 0.0343. The Balaban J connectivity index is 2.19. The van der Waals surface area contributed by atoms with Crippen LogP contribution in [-0.4, -0.2) is 24.6 Å². The molecule has 3 aromatic rings. The van der Waals surface area contributed by atoms with Crippen LogP contribution in [0.2, 0.25) is 0 Å². The highest BCUT2D eigenvalue weighted by Gasteiger charge is 2.20. The molecule has 0 atom stereocenters. The second kappa shape index (κ2) is 6.81. The summed E-state index contributed by atoms with van der Waals surface area (Å²) in [6.07, 6.45) is 0. The first-order valence-electron chi connectivity index (χ1n) is 8.22. The average molecular weight is 389 g/mol. The maximum Gasteiger partial charge on any atom is 0.280 e. The number of fused-ring (bicyclic) bond motifs is 1. The van der Waals surface area contributed by atoms with Crippen molar-refractivity contribution in [3.05, 3.63) is 57.9 Å². The topological polar surface area (TPSA) is 68.5 Å². The Hall–Kier alpha value is -2.25. The fraction of sp³-hybridized carbons (Fsp3) is 0.263. The molecule has 1 amide bonds. The van der Waals surface area contributed by atoms with E-state index in [4.69, 9.17) is 0 Å². The molecule has 7 heteroatoms. The van der Waals surface area contributed by atoms with Crippen molar-refractivity contribution in [1.82, 2.24) is 4.57 Å². The van der Waals surface area contributed by atoms with E-state index < -0.39 is 15.7 Å². The molecule has 5 nitrogen and oxygen atoms in total. The molecule has 0 aliphatic carbocycles. The van der Waals surface area contributed by atoms with Crippen LogP contribution in [-0.2, 0) is 16.9 Å². The fourth-order valence-electron chi connectivity index (χ4n) is 3.01. The lowest BCUT2D eigenvalue weighted by molar-refractivity contribution is 0.0995. The molecule has 3 rings (SSSR count). The van der Waals surface area contributed by atoms with Crippen molar-refractivity contribution >= 4 is 37.3 Å². The van der Waals surface area contributed by atoms with Gasteiger partial charge in [-0.2, -0.15) is 4.99 Å². The molecular formula is C19H20N2O3S2. The van der Waals surface area contributed by atoms with Crippen LogP contribution < -0.4 is 4.80 Å². The van der Waals surface area contributed by atoms with Crippen LogP contribution in [0.25, 0.3) is 10.2 Å². The number of rotatable bonds is 3. The Kier molecular flexibility index (Phi) is 4.86. The highest BCUT2D eigenvalue weighted by Crippen LogP contribution is 2.23. The Labute approximate surface area is 156 Å². The summed E-state index contributed by atoms with van der Waals surface area (Å²) in [6.45, 7) is 5.61. The van der Waals surface area contributed by atoms with Crippen molar-refractivity contribution in [3.8, 4) is 0 Å². The SMILES string of the molecule is CCS(=O)(=O)c1ccccc1C(=O)N=c1sc2cc(C)cc(C)c2n1C. The van der Waals surface area contributed by atoms with Gasteiger partial charge in [0.05, 0.1) is 26.4 Å². The molecule has 136 valence electrons. The third kappa shape index (κ3) is 3.24. The second-order valence-corrected chi connectivity index (χ2v) is 9.44. The van der Waals surface area contributed by atoms with Crippen LogP contribution in [0.5, 0.6) is 0 Å². The first-order valence-corrected chi connectivity index (χ1v) is 10.7. The smallest absolute Gasteiger partial charge is 0.280 e. The summed E-state index contributed by atoms with van der Waals surface area (Å²) in [7, 11) is -1.63. The number of carbonyl (C=O) groups excluding carboxylic acids is 1. The molecule has 0 aliphatic heterocycles. The lowest BCUT2D eigenvalue weighted by Crippen LogP contribution is -2.16. The van der Waals surface area contributed by atoms with Gasteiger partial charge in [0.25, 0.3) is 5.91 Å². The molecule has 0 bridgehead atoms. The zero-order chi connectivity index (χ0) is 19.1. The summed E-state index contributed by atoms with van der Waals surface area (Å²) in [6, 6.07) is 10.4. The molecule has 26 heavy (non-hydrogen) atoms. The Bertz CT molecular complexity index is 1190. The van der Waals surface area contributed by atoms with Crippen LogP contribution in [0.1, 0.15) is 28.4 Å². The molecule has 0 saturated heterocycles. The fourth-order valence-corrected chi connectivity index (χ4v) is 5.29. The average Bonchev–Trinajstić information content (AvgIpc) is 2.90. The number of nitrogens with zero attached hydrogens (tertiary/aromatic N) is 2. The molecule has 0 aliphatic rings. The van der Waals surface area contributed by atoms with Gasteiger partial charge in [0.15, 0.2) is 14.6 Å². The van der Waals surface area contributed by atoms with Gasteiger partial charge in [-0.3, -0.25) is 4.79 Å². The summed E-state index contributed by atoms with van der Waals surface area (Å²) >= 11 is 1.42. The maximum atomic E-state index is 12.7. The number of aryl methyl sites for hydroxylation is 3. The first kappa shape index (κ1) is 18.5. The number of thiazole rings is 1. The third-order valence-corrected chi connectivity index (χ3v) is 7.13. The Morgan fingerprint density at radius 1 is 1.19 bits per heavy atom. The number of hydrogen-bond acceptors (Lipinski definition) is 4. The van der Waals surface area contributed by atoms with Crippen molar-refractivity contribution < 1.29 is 13.2 Å². The van der Waals surface area contributed by atoms with E-state index in [0.29, 0.717) is 4.80 Å². The van der Waals surface area contributed by atoms with E-state index >= 15 is 0 Å². The van der Waals surface area contributed by atoms with E-state index in [1.54, 1.807) is 19.1 Å². The summed E-state index contributed by atoms with van der Waals surface area (Å²) < 4.78 is 27.5. The number of sulfone groups is 1. The van der Waals surface area contributed by atoms with Gasteiger partial charge in [0, 0.05) is 7.05 Å². The van der Waals surface area contributed by atoms with Crippen LogP contribution in [0.3, 0.4) is 0 Å². The summed E-state index contributed by atoms with van der Waals surface area (Å²) in [5.41, 5.74) is 3.40. The summed E-state index contributed by atoms with van der Waals surface area (Å²) in [5.74, 6) is -0.610. The van der Waals surface area contributed by atoms with Gasteiger partial charge < -0.3 is 4.57 Å². The normalized spacial score (nSPS) is 12.7. The Morgan fingerprint density at radius 2 is 1.88 bits per heavy atom. The van der Waals surface area contributed by atoms with Crippen LogP contribution in [0.4, 0.5) is 0 Å². The lowest BCUT2D eigenvalue weighted by Gasteiger charge is -2.05. The van der Waals surface area contributed by atoms with Gasteiger partial charge in [-0.15, -0.1) is 0 Å². The quantitative estimate of drug-likeness (QED) is 0.691. The molecule has 0 spiro atoms. The van der Waals surface area contributed by atoms with Crippen molar-refractivity contribution in [1.29, 1.82) is 0 Å².